The average Bonchev–Trinajstić information content (AvgIpc) is 2.90. The van der Waals surface area contributed by atoms with Crippen LogP contribution in [0.1, 0.15) is 23.3 Å². The molecule has 0 aliphatic carbocycles. The fraction of sp³-hybridized carbons (Fsp3) is 0.667. The smallest absolute Gasteiger partial charge is 0.270 e. The lowest BCUT2D eigenvalue weighted by molar-refractivity contribution is 0.0947. The molecule has 24 heavy (non-hydrogen) atoms. The molecule has 9 heteroatoms. The third-order valence-corrected chi connectivity index (χ3v) is 5.77. The topological polar surface area (TPSA) is 95.5 Å². The van der Waals surface area contributed by atoms with E-state index in [0.717, 1.165) is 13.0 Å². The minimum atomic E-state index is -2.98. The van der Waals surface area contributed by atoms with E-state index in [2.05, 4.69) is 20.2 Å². The number of aromatic nitrogens is 2. The SMILES string of the molecule is CN(C)CCCNC(=O)c1ccnc(N(C)C2CCS(=O)(=O)C2)n1. The predicted molar refractivity (Wildman–Crippen MR) is 93.0 cm³/mol. The van der Waals surface area contributed by atoms with Crippen LogP contribution < -0.4 is 10.2 Å². The van der Waals surface area contributed by atoms with Crippen molar-refractivity contribution >= 4 is 21.7 Å². The fourth-order valence-electron chi connectivity index (χ4n) is 2.58. The zero-order valence-electron chi connectivity index (χ0n) is 14.4. The zero-order chi connectivity index (χ0) is 17.7. The summed E-state index contributed by atoms with van der Waals surface area (Å²) in [6.45, 7) is 1.47. The summed E-state index contributed by atoms with van der Waals surface area (Å²) in [5, 5.41) is 2.83. The minimum absolute atomic E-state index is 0.105. The van der Waals surface area contributed by atoms with Crippen LogP contribution in [0.4, 0.5) is 5.95 Å². The van der Waals surface area contributed by atoms with Gasteiger partial charge in [0.05, 0.1) is 11.5 Å². The van der Waals surface area contributed by atoms with Crippen LogP contribution in [-0.2, 0) is 9.84 Å². The van der Waals surface area contributed by atoms with Crippen molar-refractivity contribution in [3.05, 3.63) is 18.0 Å². The van der Waals surface area contributed by atoms with Crippen molar-refractivity contribution in [2.75, 3.05) is 50.6 Å². The van der Waals surface area contributed by atoms with Crippen molar-refractivity contribution in [2.45, 2.75) is 18.9 Å². The number of nitrogens with zero attached hydrogens (tertiary/aromatic N) is 4. The predicted octanol–water partition coefficient (Wildman–Crippen LogP) is -0.219. The lowest BCUT2D eigenvalue weighted by Gasteiger charge is -2.23. The first kappa shape index (κ1) is 18.6. The van der Waals surface area contributed by atoms with Gasteiger partial charge in [-0.05, 0) is 39.5 Å². The van der Waals surface area contributed by atoms with Gasteiger partial charge in [0.1, 0.15) is 5.69 Å². The molecule has 1 unspecified atom stereocenters. The quantitative estimate of drug-likeness (QED) is 0.676. The summed E-state index contributed by atoms with van der Waals surface area (Å²) in [5.74, 6) is 0.421. The van der Waals surface area contributed by atoms with E-state index in [1.165, 1.54) is 6.20 Å². The van der Waals surface area contributed by atoms with Gasteiger partial charge in [-0.2, -0.15) is 0 Å². The highest BCUT2D eigenvalue weighted by Gasteiger charge is 2.31. The van der Waals surface area contributed by atoms with Gasteiger partial charge in [-0.25, -0.2) is 18.4 Å². The van der Waals surface area contributed by atoms with E-state index >= 15 is 0 Å². The molecule has 1 aromatic rings. The molecule has 134 valence electrons. The second-order valence-electron chi connectivity index (χ2n) is 6.32. The van der Waals surface area contributed by atoms with E-state index < -0.39 is 9.84 Å². The minimum Gasteiger partial charge on any atom is -0.351 e. The molecule has 0 spiro atoms. The maximum Gasteiger partial charge on any atom is 0.270 e. The van der Waals surface area contributed by atoms with Crippen LogP contribution in [-0.4, -0.2) is 81.0 Å². The second kappa shape index (κ2) is 7.89. The van der Waals surface area contributed by atoms with Crippen molar-refractivity contribution in [1.29, 1.82) is 0 Å². The van der Waals surface area contributed by atoms with Gasteiger partial charge in [0.25, 0.3) is 5.91 Å². The van der Waals surface area contributed by atoms with E-state index in [9.17, 15) is 13.2 Å². The Kier molecular flexibility index (Phi) is 6.11. The monoisotopic (exact) mass is 355 g/mol. The molecule has 0 radical (unpaired) electrons. The fourth-order valence-corrected chi connectivity index (χ4v) is 4.35. The molecule has 0 saturated carbocycles. The normalized spacial score (nSPS) is 19.4. The van der Waals surface area contributed by atoms with Crippen molar-refractivity contribution in [2.24, 2.45) is 0 Å². The number of rotatable bonds is 7. The van der Waals surface area contributed by atoms with E-state index in [1.807, 2.05) is 14.1 Å². The van der Waals surface area contributed by atoms with Gasteiger partial charge in [0.15, 0.2) is 9.84 Å². The molecule has 1 N–H and O–H groups in total. The maximum absolute atomic E-state index is 12.2. The van der Waals surface area contributed by atoms with Gasteiger partial charge < -0.3 is 15.1 Å². The first-order chi connectivity index (χ1) is 11.3. The van der Waals surface area contributed by atoms with Gasteiger partial charge in [-0.3, -0.25) is 4.79 Å². The molecule has 2 rings (SSSR count). The summed E-state index contributed by atoms with van der Waals surface area (Å²) in [7, 11) is 2.75. The average molecular weight is 355 g/mol. The molecule has 1 aliphatic heterocycles. The molecule has 0 bridgehead atoms. The lowest BCUT2D eigenvalue weighted by atomic mass is 10.2. The van der Waals surface area contributed by atoms with Gasteiger partial charge in [0.2, 0.25) is 5.95 Å². The Morgan fingerprint density at radius 1 is 1.38 bits per heavy atom. The number of amides is 1. The van der Waals surface area contributed by atoms with Gasteiger partial charge in [0, 0.05) is 25.8 Å². The van der Waals surface area contributed by atoms with Crippen molar-refractivity contribution in [1.82, 2.24) is 20.2 Å². The molecular formula is C15H25N5O3S. The van der Waals surface area contributed by atoms with E-state index in [4.69, 9.17) is 0 Å². The second-order valence-corrected chi connectivity index (χ2v) is 8.55. The Morgan fingerprint density at radius 3 is 2.75 bits per heavy atom. The van der Waals surface area contributed by atoms with Crippen molar-refractivity contribution in [3.8, 4) is 0 Å². The standard InChI is InChI=1S/C15H25N5O3S/c1-19(2)9-4-7-16-14(21)13-5-8-17-15(18-13)20(3)12-6-10-24(22,23)11-12/h5,8,12H,4,6-7,9-11H2,1-3H3,(H,16,21). The van der Waals surface area contributed by atoms with E-state index in [-0.39, 0.29) is 29.1 Å². The highest BCUT2D eigenvalue weighted by molar-refractivity contribution is 7.91. The molecule has 1 saturated heterocycles. The summed E-state index contributed by atoms with van der Waals surface area (Å²) < 4.78 is 23.2. The number of hydrogen-bond acceptors (Lipinski definition) is 7. The molecule has 1 aliphatic rings. The Bertz CT molecular complexity index is 677. The van der Waals surface area contributed by atoms with Crippen LogP contribution in [0.15, 0.2) is 12.3 Å². The van der Waals surface area contributed by atoms with Crippen molar-refractivity contribution in [3.63, 3.8) is 0 Å². The number of anilines is 1. The molecule has 1 aromatic heterocycles. The van der Waals surface area contributed by atoms with Gasteiger partial charge in [-0.1, -0.05) is 0 Å². The van der Waals surface area contributed by atoms with Crippen LogP contribution in [0, 0.1) is 0 Å². The third-order valence-electron chi connectivity index (χ3n) is 4.01. The van der Waals surface area contributed by atoms with Crippen LogP contribution in [0.25, 0.3) is 0 Å². The Balaban J connectivity index is 1.96. The Labute approximate surface area is 143 Å². The largest absolute Gasteiger partial charge is 0.351 e. The Hall–Kier alpha value is -1.74. The molecule has 2 heterocycles. The number of carbonyl (C=O) groups excluding carboxylic acids is 1. The summed E-state index contributed by atoms with van der Waals surface area (Å²) in [6.07, 6.45) is 2.94. The van der Waals surface area contributed by atoms with E-state index in [1.54, 1.807) is 18.0 Å². The van der Waals surface area contributed by atoms with Crippen molar-refractivity contribution < 1.29 is 13.2 Å². The summed E-state index contributed by atoms with van der Waals surface area (Å²) in [6, 6.07) is 1.41. The molecule has 8 nitrogen and oxygen atoms in total. The van der Waals surface area contributed by atoms with Gasteiger partial charge in [-0.15, -0.1) is 0 Å². The Morgan fingerprint density at radius 2 is 2.12 bits per heavy atom. The third kappa shape index (κ3) is 5.13. The zero-order valence-corrected chi connectivity index (χ0v) is 15.2. The summed E-state index contributed by atoms with van der Waals surface area (Å²) in [5.41, 5.74) is 0.289. The molecule has 1 fully saturated rings. The number of carbonyl (C=O) groups is 1. The van der Waals surface area contributed by atoms with Crippen LogP contribution in [0.2, 0.25) is 0 Å². The molecule has 1 amide bonds. The first-order valence-electron chi connectivity index (χ1n) is 7.98. The highest BCUT2D eigenvalue weighted by Crippen LogP contribution is 2.20. The van der Waals surface area contributed by atoms with Crippen LogP contribution in [0.5, 0.6) is 0 Å². The summed E-state index contributed by atoms with van der Waals surface area (Å²) in [4.78, 5) is 24.4. The van der Waals surface area contributed by atoms with E-state index in [0.29, 0.717) is 18.9 Å². The maximum atomic E-state index is 12.2. The summed E-state index contributed by atoms with van der Waals surface area (Å²) >= 11 is 0. The molecular weight excluding hydrogens is 330 g/mol. The highest BCUT2D eigenvalue weighted by atomic mass is 32.2. The molecule has 1 atom stereocenters. The first-order valence-corrected chi connectivity index (χ1v) is 9.80. The number of nitrogens with one attached hydrogen (secondary N) is 1. The number of hydrogen-bond donors (Lipinski definition) is 1. The number of sulfone groups is 1. The lowest BCUT2D eigenvalue weighted by Crippen LogP contribution is -2.34. The molecule has 0 aromatic carbocycles. The van der Waals surface area contributed by atoms with Gasteiger partial charge >= 0.3 is 0 Å². The van der Waals surface area contributed by atoms with Crippen LogP contribution in [0.3, 0.4) is 0 Å². The van der Waals surface area contributed by atoms with Crippen LogP contribution >= 0.6 is 0 Å².